The van der Waals surface area contributed by atoms with Crippen LogP contribution in [0.1, 0.15) is 23.2 Å². The highest BCUT2D eigenvalue weighted by atomic mass is 32.3. The monoisotopic (exact) mass is 418 g/mol. The number of fused-ring (bicyclic) bond motifs is 1. The zero-order valence-electron chi connectivity index (χ0n) is 16.4. The second kappa shape index (κ2) is 8.23. The minimum absolute atomic E-state index is 0.126. The Hall–Kier alpha value is -2.26. The lowest BCUT2D eigenvalue weighted by Gasteiger charge is -2.37. The number of likely N-dealkylation sites (tertiary alicyclic amines) is 1. The second-order valence-electron chi connectivity index (χ2n) is 7.28. The molecule has 1 fully saturated rings. The van der Waals surface area contributed by atoms with Crippen molar-refractivity contribution in [2.75, 3.05) is 33.3 Å². The van der Waals surface area contributed by atoms with Gasteiger partial charge in [0.25, 0.3) is 5.91 Å². The van der Waals surface area contributed by atoms with E-state index in [0.717, 1.165) is 37.6 Å². The Morgan fingerprint density at radius 2 is 1.79 bits per heavy atom. The van der Waals surface area contributed by atoms with Crippen LogP contribution in [0.4, 0.5) is 0 Å². The Morgan fingerprint density at radius 1 is 1.07 bits per heavy atom. The molecule has 4 rings (SSSR count). The maximum atomic E-state index is 12.5. The first-order valence-electron chi connectivity index (χ1n) is 9.71. The fourth-order valence-electron chi connectivity index (χ4n) is 3.86. The topological polar surface area (TPSA) is 82.5 Å². The third-order valence-electron chi connectivity index (χ3n) is 5.37. The molecule has 29 heavy (non-hydrogen) atoms. The molecule has 0 aliphatic carbocycles. The molecule has 0 spiro atoms. The van der Waals surface area contributed by atoms with E-state index in [9.17, 15) is 13.9 Å². The van der Waals surface area contributed by atoms with Crippen LogP contribution in [0, 0.1) is 0 Å². The van der Waals surface area contributed by atoms with Crippen molar-refractivity contribution >= 4 is 16.7 Å². The number of carbonyl (C=O) groups is 1. The summed E-state index contributed by atoms with van der Waals surface area (Å²) in [5.74, 6) is 1.32. The number of hydrogen-bond acceptors (Lipinski definition) is 6. The fourth-order valence-corrected chi connectivity index (χ4v) is 5.52. The van der Waals surface area contributed by atoms with Crippen molar-refractivity contribution in [3.05, 3.63) is 54.1 Å². The van der Waals surface area contributed by atoms with E-state index in [0.29, 0.717) is 23.4 Å². The molecule has 2 aliphatic rings. The van der Waals surface area contributed by atoms with E-state index in [-0.39, 0.29) is 12.0 Å². The van der Waals surface area contributed by atoms with Gasteiger partial charge in [-0.1, -0.05) is 22.9 Å². The van der Waals surface area contributed by atoms with Crippen molar-refractivity contribution in [2.24, 2.45) is 0 Å². The first kappa shape index (κ1) is 20.0. The average molecular weight is 419 g/mol. The molecule has 8 heteroatoms. The molecule has 0 radical (unpaired) electrons. The van der Waals surface area contributed by atoms with Gasteiger partial charge in [0, 0.05) is 26.2 Å². The van der Waals surface area contributed by atoms with E-state index in [1.807, 2.05) is 24.3 Å². The third-order valence-corrected chi connectivity index (χ3v) is 7.28. The Morgan fingerprint density at radius 3 is 2.52 bits per heavy atom. The van der Waals surface area contributed by atoms with Crippen LogP contribution in [0.25, 0.3) is 0 Å². The van der Waals surface area contributed by atoms with Gasteiger partial charge in [-0.05, 0) is 49.2 Å². The molecule has 0 aromatic heterocycles. The lowest BCUT2D eigenvalue weighted by Crippen LogP contribution is -2.32. The van der Waals surface area contributed by atoms with Crippen LogP contribution >= 0.6 is 10.8 Å². The van der Waals surface area contributed by atoms with Gasteiger partial charge in [0.2, 0.25) is 0 Å². The van der Waals surface area contributed by atoms with Crippen LogP contribution < -0.4 is 9.47 Å². The molecule has 2 aliphatic heterocycles. The van der Waals surface area contributed by atoms with E-state index in [4.69, 9.17) is 9.47 Å². The molecule has 2 aromatic carbocycles. The maximum absolute atomic E-state index is 12.5. The van der Waals surface area contributed by atoms with Gasteiger partial charge in [0.1, 0.15) is 17.6 Å². The van der Waals surface area contributed by atoms with Crippen LogP contribution in [0.5, 0.6) is 11.5 Å². The summed E-state index contributed by atoms with van der Waals surface area (Å²) in [5.41, 5.74) is 0.390. The summed E-state index contributed by atoms with van der Waals surface area (Å²) in [6.45, 7) is 2.83. The van der Waals surface area contributed by atoms with Crippen molar-refractivity contribution in [1.29, 1.82) is 0 Å². The van der Waals surface area contributed by atoms with Gasteiger partial charge in [0.05, 0.1) is 17.6 Å². The highest BCUT2D eigenvalue weighted by Crippen LogP contribution is 2.58. The summed E-state index contributed by atoms with van der Waals surface area (Å²) in [4.78, 5) is 15.1. The van der Waals surface area contributed by atoms with Crippen molar-refractivity contribution in [1.82, 2.24) is 9.21 Å². The Kier molecular flexibility index (Phi) is 5.69. The lowest BCUT2D eigenvalue weighted by atomic mass is 10.2. The molecular formula is C21H26N2O5S. The third kappa shape index (κ3) is 4.06. The van der Waals surface area contributed by atoms with Crippen molar-refractivity contribution in [2.45, 2.75) is 23.8 Å². The Bertz CT molecular complexity index is 874. The molecule has 2 N–H and O–H groups in total. The predicted octanol–water partition coefficient (Wildman–Crippen LogP) is 3.72. The van der Waals surface area contributed by atoms with E-state index in [2.05, 4.69) is 4.90 Å². The van der Waals surface area contributed by atoms with Crippen molar-refractivity contribution in [3.63, 3.8) is 0 Å². The normalized spacial score (nSPS) is 21.8. The number of rotatable bonds is 7. The molecule has 0 saturated carbocycles. The molecule has 1 unspecified atom stereocenters. The number of ether oxygens (including phenoxy) is 2. The van der Waals surface area contributed by atoms with Crippen LogP contribution in [0.15, 0.2) is 53.4 Å². The fraction of sp³-hybridized carbons (Fsp3) is 0.381. The minimum Gasteiger partial charge on any atom is -0.497 e. The van der Waals surface area contributed by atoms with E-state index in [1.54, 1.807) is 31.4 Å². The zero-order valence-corrected chi connectivity index (χ0v) is 17.2. The van der Waals surface area contributed by atoms with Gasteiger partial charge in [-0.3, -0.25) is 18.8 Å². The first-order valence-corrected chi connectivity index (χ1v) is 11.2. The van der Waals surface area contributed by atoms with E-state index >= 15 is 0 Å². The Labute approximate surface area is 172 Å². The molecule has 1 atom stereocenters. The van der Waals surface area contributed by atoms with Crippen LogP contribution in [0.2, 0.25) is 0 Å². The minimum atomic E-state index is -3.22. The van der Waals surface area contributed by atoms with Crippen molar-refractivity contribution in [3.8, 4) is 11.5 Å². The molecular weight excluding hydrogens is 392 g/mol. The molecule has 2 aromatic rings. The quantitative estimate of drug-likeness (QED) is 0.713. The standard InChI is InChI=1S/C21H26N2O5S/c1-27-16-7-9-17(10-8-16)28-18-11-14-22(15-18)12-4-13-23-21(24)19-5-2-3-6-20(19)29(23,25)26/h2-3,5-10,18,25-26H,4,11-15H2,1H3. The first-order chi connectivity index (χ1) is 14.0. The number of hydrogen-bond donors (Lipinski definition) is 2. The predicted molar refractivity (Wildman–Crippen MR) is 112 cm³/mol. The van der Waals surface area contributed by atoms with E-state index in [1.165, 1.54) is 4.31 Å². The van der Waals surface area contributed by atoms with E-state index < -0.39 is 10.8 Å². The molecule has 0 bridgehead atoms. The smallest absolute Gasteiger partial charge is 0.274 e. The number of nitrogens with zero attached hydrogens (tertiary/aromatic N) is 2. The molecule has 156 valence electrons. The summed E-state index contributed by atoms with van der Waals surface area (Å²) >= 11 is 0. The average Bonchev–Trinajstić information content (AvgIpc) is 3.25. The number of carbonyl (C=O) groups excluding carboxylic acids is 1. The number of amides is 1. The molecule has 1 saturated heterocycles. The summed E-state index contributed by atoms with van der Waals surface area (Å²) in [5, 5.41) is 0. The molecule has 1 amide bonds. The lowest BCUT2D eigenvalue weighted by molar-refractivity contribution is 0.0858. The number of benzene rings is 2. The van der Waals surface area contributed by atoms with Gasteiger partial charge in [-0.15, -0.1) is 0 Å². The molecule has 7 nitrogen and oxygen atoms in total. The van der Waals surface area contributed by atoms with Gasteiger partial charge in [-0.25, -0.2) is 4.31 Å². The van der Waals surface area contributed by atoms with Gasteiger partial charge in [-0.2, -0.15) is 0 Å². The van der Waals surface area contributed by atoms with Gasteiger partial charge < -0.3 is 9.47 Å². The van der Waals surface area contributed by atoms with Crippen LogP contribution in [0.3, 0.4) is 0 Å². The number of methoxy groups -OCH3 is 1. The van der Waals surface area contributed by atoms with Crippen molar-refractivity contribution < 1.29 is 23.4 Å². The summed E-state index contributed by atoms with van der Waals surface area (Å²) < 4.78 is 33.4. The molecule has 2 heterocycles. The van der Waals surface area contributed by atoms with Crippen LogP contribution in [-0.4, -0.2) is 63.6 Å². The largest absolute Gasteiger partial charge is 0.497 e. The highest BCUT2D eigenvalue weighted by Gasteiger charge is 2.40. The Balaban J connectivity index is 1.26. The zero-order chi connectivity index (χ0) is 20.4. The summed E-state index contributed by atoms with van der Waals surface area (Å²) in [6.07, 6.45) is 1.74. The van der Waals surface area contributed by atoms with Gasteiger partial charge >= 0.3 is 0 Å². The SMILES string of the molecule is COc1ccc(OC2CCN(CCCN3C(=O)c4ccccc4S3(O)O)C2)cc1. The second-order valence-corrected chi connectivity index (χ2v) is 9.20. The summed E-state index contributed by atoms with van der Waals surface area (Å²) in [6, 6.07) is 14.3. The highest BCUT2D eigenvalue weighted by molar-refractivity contribution is 8.23. The van der Waals surface area contributed by atoms with Crippen LogP contribution in [-0.2, 0) is 0 Å². The maximum Gasteiger partial charge on any atom is 0.274 e. The van der Waals surface area contributed by atoms with Gasteiger partial charge in [0.15, 0.2) is 0 Å². The summed E-state index contributed by atoms with van der Waals surface area (Å²) in [7, 11) is -1.58.